The summed E-state index contributed by atoms with van der Waals surface area (Å²) in [5, 5.41) is 0. The Morgan fingerprint density at radius 3 is 2.81 bits per heavy atom. The molecule has 21 heavy (non-hydrogen) atoms. The van der Waals surface area contributed by atoms with Crippen LogP contribution in [0.15, 0.2) is 60.9 Å². The van der Waals surface area contributed by atoms with Gasteiger partial charge in [0.15, 0.2) is 5.78 Å². The summed E-state index contributed by atoms with van der Waals surface area (Å²) in [4.78, 5) is 17.8. The van der Waals surface area contributed by atoms with E-state index < -0.39 is 0 Å². The minimum absolute atomic E-state index is 0.0515. The first kappa shape index (κ1) is 13.6. The lowest BCUT2D eigenvalue weighted by atomic mass is 10.1. The normalized spacial score (nSPS) is 10.5. The molecule has 0 fully saturated rings. The van der Waals surface area contributed by atoms with Gasteiger partial charge in [-0.3, -0.25) is 9.78 Å². The zero-order valence-electron chi connectivity index (χ0n) is 11.1. The predicted molar refractivity (Wildman–Crippen MR) is 82.0 cm³/mol. The summed E-state index contributed by atoms with van der Waals surface area (Å²) in [5.41, 5.74) is 1.68. The van der Waals surface area contributed by atoms with Gasteiger partial charge in [0.2, 0.25) is 0 Å². The van der Waals surface area contributed by atoms with E-state index in [1.54, 1.807) is 24.5 Å². The van der Waals surface area contributed by atoms with Gasteiger partial charge in [0.25, 0.3) is 0 Å². The summed E-state index contributed by atoms with van der Waals surface area (Å²) in [7, 11) is 0. The van der Waals surface area contributed by atoms with Crippen LogP contribution in [0.2, 0.25) is 0 Å². The maximum Gasteiger partial charge on any atom is 0.177 e. The van der Waals surface area contributed by atoms with E-state index in [-0.39, 0.29) is 11.6 Å². The Labute approximate surface area is 125 Å². The molecule has 2 nitrogen and oxygen atoms in total. The average molecular weight is 297 g/mol. The van der Waals surface area contributed by atoms with Crippen LogP contribution in [-0.2, 0) is 6.42 Å². The standard InChI is InChI=1S/C17H12FNOS/c18-14-5-1-4-13(10-14)16-6-7-17(21-16)15(20)9-12-3-2-8-19-11-12/h1-8,10-11H,9H2. The lowest BCUT2D eigenvalue weighted by Crippen LogP contribution is -2.00. The third-order valence-electron chi connectivity index (χ3n) is 3.08. The van der Waals surface area contributed by atoms with E-state index in [1.165, 1.54) is 23.5 Å². The van der Waals surface area contributed by atoms with E-state index in [9.17, 15) is 9.18 Å². The quantitative estimate of drug-likeness (QED) is 0.669. The van der Waals surface area contributed by atoms with Crippen LogP contribution in [0, 0.1) is 5.82 Å². The Balaban J connectivity index is 1.80. The van der Waals surface area contributed by atoms with Gasteiger partial charge in [0.1, 0.15) is 5.82 Å². The summed E-state index contributed by atoms with van der Waals surface area (Å²) < 4.78 is 13.2. The summed E-state index contributed by atoms with van der Waals surface area (Å²) >= 11 is 1.39. The van der Waals surface area contributed by atoms with Gasteiger partial charge < -0.3 is 0 Å². The molecule has 0 unspecified atom stereocenters. The third kappa shape index (κ3) is 3.23. The molecule has 0 amide bonds. The molecule has 0 saturated heterocycles. The van der Waals surface area contributed by atoms with Crippen molar-refractivity contribution in [3.05, 3.63) is 77.2 Å². The highest BCUT2D eigenvalue weighted by Gasteiger charge is 2.11. The number of pyridine rings is 1. The van der Waals surface area contributed by atoms with Crippen LogP contribution in [0.1, 0.15) is 15.2 Å². The number of Topliss-reactive ketones (excluding diaryl/α,β-unsaturated/α-hetero) is 1. The zero-order chi connectivity index (χ0) is 14.7. The number of aromatic nitrogens is 1. The van der Waals surface area contributed by atoms with Crippen molar-refractivity contribution >= 4 is 17.1 Å². The van der Waals surface area contributed by atoms with Crippen LogP contribution >= 0.6 is 11.3 Å². The Hall–Kier alpha value is -2.33. The van der Waals surface area contributed by atoms with Crippen molar-refractivity contribution in [1.29, 1.82) is 0 Å². The fourth-order valence-corrected chi connectivity index (χ4v) is 3.00. The molecule has 0 aliphatic heterocycles. The lowest BCUT2D eigenvalue weighted by Gasteiger charge is -1.98. The molecule has 0 atom stereocenters. The van der Waals surface area contributed by atoms with Crippen molar-refractivity contribution in [2.45, 2.75) is 6.42 Å². The maximum absolute atomic E-state index is 13.2. The van der Waals surface area contributed by atoms with Gasteiger partial charge in [-0.25, -0.2) is 4.39 Å². The Morgan fingerprint density at radius 1 is 1.14 bits per heavy atom. The van der Waals surface area contributed by atoms with Gasteiger partial charge in [-0.2, -0.15) is 0 Å². The van der Waals surface area contributed by atoms with Crippen LogP contribution in [0.4, 0.5) is 4.39 Å². The van der Waals surface area contributed by atoms with Crippen molar-refractivity contribution in [2.24, 2.45) is 0 Å². The summed E-state index contributed by atoms with van der Waals surface area (Å²) in [6.07, 6.45) is 3.71. The highest BCUT2D eigenvalue weighted by molar-refractivity contribution is 7.17. The van der Waals surface area contributed by atoms with E-state index in [0.717, 1.165) is 16.0 Å². The SMILES string of the molecule is O=C(Cc1cccnc1)c1ccc(-c2cccc(F)c2)s1. The molecule has 4 heteroatoms. The minimum Gasteiger partial charge on any atom is -0.293 e. The van der Waals surface area contributed by atoms with Crippen LogP contribution in [0.25, 0.3) is 10.4 Å². The highest BCUT2D eigenvalue weighted by atomic mass is 32.1. The molecule has 1 aromatic carbocycles. The fraction of sp³-hybridized carbons (Fsp3) is 0.0588. The van der Waals surface area contributed by atoms with Crippen molar-refractivity contribution in [2.75, 3.05) is 0 Å². The largest absolute Gasteiger partial charge is 0.293 e. The molecule has 0 aliphatic carbocycles. The number of thiophene rings is 1. The number of carbonyl (C=O) groups excluding carboxylic acids is 1. The van der Waals surface area contributed by atoms with Crippen LogP contribution in [-0.4, -0.2) is 10.8 Å². The third-order valence-corrected chi connectivity index (χ3v) is 4.25. The minimum atomic E-state index is -0.274. The van der Waals surface area contributed by atoms with Crippen molar-refractivity contribution in [1.82, 2.24) is 4.98 Å². The van der Waals surface area contributed by atoms with Gasteiger partial charge in [0, 0.05) is 23.7 Å². The fourth-order valence-electron chi connectivity index (χ4n) is 2.06. The molecule has 3 aromatic rings. The molecule has 0 spiro atoms. The number of nitrogens with zero attached hydrogens (tertiary/aromatic N) is 1. The molecule has 0 aliphatic rings. The first-order valence-corrected chi connectivity index (χ1v) is 7.32. The molecule has 104 valence electrons. The highest BCUT2D eigenvalue weighted by Crippen LogP contribution is 2.29. The van der Waals surface area contributed by atoms with Crippen LogP contribution in [0.3, 0.4) is 0 Å². The molecule has 0 N–H and O–H groups in total. The molecular formula is C17H12FNOS. The molecule has 0 saturated carbocycles. The predicted octanol–water partition coefficient (Wildman–Crippen LogP) is 4.37. The smallest absolute Gasteiger partial charge is 0.177 e. The monoisotopic (exact) mass is 297 g/mol. The molecule has 0 radical (unpaired) electrons. The van der Waals surface area contributed by atoms with Gasteiger partial charge >= 0.3 is 0 Å². The average Bonchev–Trinajstić information content (AvgIpc) is 2.98. The summed E-state index contributed by atoms with van der Waals surface area (Å²) in [6, 6.07) is 13.7. The number of carbonyl (C=O) groups is 1. The Morgan fingerprint density at radius 2 is 2.05 bits per heavy atom. The van der Waals surface area contributed by atoms with E-state index in [4.69, 9.17) is 0 Å². The van der Waals surface area contributed by atoms with Crippen molar-refractivity contribution in [3.63, 3.8) is 0 Å². The van der Waals surface area contributed by atoms with Crippen molar-refractivity contribution in [3.8, 4) is 10.4 Å². The maximum atomic E-state index is 13.2. The Kier molecular flexibility index (Phi) is 3.88. The van der Waals surface area contributed by atoms with E-state index in [0.29, 0.717) is 11.3 Å². The van der Waals surface area contributed by atoms with Gasteiger partial charge in [-0.15, -0.1) is 11.3 Å². The van der Waals surface area contributed by atoms with Crippen LogP contribution < -0.4 is 0 Å². The van der Waals surface area contributed by atoms with E-state index in [1.807, 2.05) is 24.3 Å². The van der Waals surface area contributed by atoms with Crippen molar-refractivity contribution < 1.29 is 9.18 Å². The first-order chi connectivity index (χ1) is 10.2. The summed E-state index contributed by atoms with van der Waals surface area (Å²) in [6.45, 7) is 0. The number of halogens is 1. The number of rotatable bonds is 4. The van der Waals surface area contributed by atoms with E-state index >= 15 is 0 Å². The number of hydrogen-bond donors (Lipinski definition) is 0. The number of ketones is 1. The van der Waals surface area contributed by atoms with Gasteiger partial charge in [0.05, 0.1) is 4.88 Å². The molecule has 2 aromatic heterocycles. The Bertz CT molecular complexity index is 767. The second kappa shape index (κ2) is 5.97. The van der Waals surface area contributed by atoms with Gasteiger partial charge in [-0.05, 0) is 41.5 Å². The van der Waals surface area contributed by atoms with Gasteiger partial charge in [-0.1, -0.05) is 18.2 Å². The lowest BCUT2D eigenvalue weighted by molar-refractivity contribution is 0.0996. The van der Waals surface area contributed by atoms with E-state index in [2.05, 4.69) is 4.98 Å². The first-order valence-electron chi connectivity index (χ1n) is 6.50. The van der Waals surface area contributed by atoms with Crippen LogP contribution in [0.5, 0.6) is 0 Å². The number of hydrogen-bond acceptors (Lipinski definition) is 3. The zero-order valence-corrected chi connectivity index (χ0v) is 11.9. The second-order valence-corrected chi connectivity index (χ2v) is 5.72. The molecular weight excluding hydrogens is 285 g/mol. The molecule has 2 heterocycles. The molecule has 0 bridgehead atoms. The topological polar surface area (TPSA) is 30.0 Å². The molecule has 3 rings (SSSR count). The second-order valence-electron chi connectivity index (χ2n) is 4.64. The number of benzene rings is 1. The summed E-state index contributed by atoms with van der Waals surface area (Å²) in [5.74, 6) is -0.222.